The molecule has 1 aliphatic heterocycles. The molecular formula is C17H26ClIN2. The summed E-state index contributed by atoms with van der Waals surface area (Å²) in [7, 11) is 0. The molecule has 0 spiro atoms. The maximum Gasteiger partial charge on any atom is 0.0506 e. The van der Waals surface area contributed by atoms with Crippen molar-refractivity contribution in [1.29, 1.82) is 0 Å². The zero-order chi connectivity index (χ0) is 15.8. The number of hydrogen-bond donors (Lipinski definition) is 1. The highest BCUT2D eigenvalue weighted by Gasteiger charge is 2.35. The van der Waals surface area contributed by atoms with Crippen LogP contribution in [0.3, 0.4) is 0 Å². The minimum Gasteiger partial charge on any atom is -0.365 e. The van der Waals surface area contributed by atoms with Crippen LogP contribution in [0.2, 0.25) is 5.02 Å². The van der Waals surface area contributed by atoms with Crippen molar-refractivity contribution < 1.29 is 0 Å². The number of rotatable bonds is 2. The molecular weight excluding hydrogens is 395 g/mol. The Balaban J connectivity index is 2.34. The molecule has 0 amide bonds. The highest BCUT2D eigenvalue weighted by Crippen LogP contribution is 2.33. The molecule has 2 unspecified atom stereocenters. The van der Waals surface area contributed by atoms with Crippen molar-refractivity contribution in [3.05, 3.63) is 26.8 Å². The Morgan fingerprint density at radius 1 is 1.33 bits per heavy atom. The zero-order valence-electron chi connectivity index (χ0n) is 13.6. The van der Waals surface area contributed by atoms with Gasteiger partial charge in [-0.05, 0) is 52.1 Å². The third-order valence-electron chi connectivity index (χ3n) is 4.39. The van der Waals surface area contributed by atoms with Gasteiger partial charge in [0.2, 0.25) is 0 Å². The summed E-state index contributed by atoms with van der Waals surface area (Å²) >= 11 is 8.52. The van der Waals surface area contributed by atoms with Crippen LogP contribution in [-0.4, -0.2) is 25.2 Å². The van der Waals surface area contributed by atoms with Crippen LogP contribution in [0, 0.1) is 14.9 Å². The van der Waals surface area contributed by atoms with Gasteiger partial charge >= 0.3 is 0 Å². The predicted octanol–water partition coefficient (Wildman–Crippen LogP) is 4.79. The lowest BCUT2D eigenvalue weighted by atomic mass is 9.83. The maximum absolute atomic E-state index is 6.12. The summed E-state index contributed by atoms with van der Waals surface area (Å²) < 4.78 is 1.24. The first kappa shape index (κ1) is 17.4. The van der Waals surface area contributed by atoms with Crippen LogP contribution in [-0.2, 0) is 0 Å². The Hall–Kier alpha value is -0.000000000000000111. The Labute approximate surface area is 147 Å². The van der Waals surface area contributed by atoms with Crippen molar-refractivity contribution in [3.63, 3.8) is 0 Å². The molecule has 0 aromatic heterocycles. The first-order valence-electron chi connectivity index (χ1n) is 7.65. The molecule has 2 atom stereocenters. The topological polar surface area (TPSA) is 15.3 Å². The molecule has 0 aliphatic carbocycles. The van der Waals surface area contributed by atoms with Crippen LogP contribution in [0.1, 0.15) is 34.6 Å². The van der Waals surface area contributed by atoms with E-state index in [1.807, 2.05) is 6.07 Å². The van der Waals surface area contributed by atoms with E-state index in [1.54, 1.807) is 0 Å². The summed E-state index contributed by atoms with van der Waals surface area (Å²) in [4.78, 5) is 2.58. The normalized spacial score (nSPS) is 23.7. The van der Waals surface area contributed by atoms with Gasteiger partial charge in [0.1, 0.15) is 0 Å². The lowest BCUT2D eigenvalue weighted by Crippen LogP contribution is -2.62. The van der Waals surface area contributed by atoms with Crippen molar-refractivity contribution in [2.45, 2.75) is 46.7 Å². The van der Waals surface area contributed by atoms with E-state index in [9.17, 15) is 0 Å². The van der Waals surface area contributed by atoms with E-state index < -0.39 is 0 Å². The number of nitrogens with one attached hydrogen (secondary N) is 1. The lowest BCUT2D eigenvalue weighted by Gasteiger charge is -2.48. The number of benzene rings is 1. The van der Waals surface area contributed by atoms with Gasteiger partial charge in [-0.3, -0.25) is 0 Å². The van der Waals surface area contributed by atoms with Crippen molar-refractivity contribution in [2.24, 2.45) is 11.3 Å². The molecule has 1 heterocycles. The third kappa shape index (κ3) is 4.05. The Kier molecular flexibility index (Phi) is 5.48. The second kappa shape index (κ2) is 6.63. The fourth-order valence-corrected chi connectivity index (χ4v) is 4.12. The maximum atomic E-state index is 6.12. The summed E-state index contributed by atoms with van der Waals surface area (Å²) in [6, 6.07) is 7.26. The SMILES string of the molecule is CC(C)C1CNC(C(C)(C)C)CN1c1ccc(Cl)cc1I. The molecule has 0 radical (unpaired) electrons. The van der Waals surface area contributed by atoms with Crippen molar-refractivity contribution >= 4 is 39.9 Å². The third-order valence-corrected chi connectivity index (χ3v) is 5.49. The number of halogens is 2. The standard InChI is InChI=1S/C17H26ClIN2/c1-11(2)15-9-20-16(17(3,4)5)10-21(15)14-7-6-12(18)8-13(14)19/h6-8,11,15-16,20H,9-10H2,1-5H3. The van der Waals surface area contributed by atoms with Gasteiger partial charge in [0.05, 0.1) is 5.69 Å². The molecule has 118 valence electrons. The fourth-order valence-electron chi connectivity index (χ4n) is 2.94. The van der Waals surface area contributed by atoms with E-state index >= 15 is 0 Å². The van der Waals surface area contributed by atoms with E-state index in [4.69, 9.17) is 11.6 Å². The van der Waals surface area contributed by atoms with Crippen molar-refractivity contribution in [3.8, 4) is 0 Å². The quantitative estimate of drug-likeness (QED) is 0.692. The van der Waals surface area contributed by atoms with Crippen molar-refractivity contribution in [1.82, 2.24) is 5.32 Å². The first-order valence-corrected chi connectivity index (χ1v) is 9.11. The summed E-state index contributed by atoms with van der Waals surface area (Å²) in [5.74, 6) is 0.616. The second-order valence-corrected chi connectivity index (χ2v) is 8.98. The van der Waals surface area contributed by atoms with Crippen LogP contribution in [0.25, 0.3) is 0 Å². The molecule has 1 aliphatic rings. The van der Waals surface area contributed by atoms with E-state index in [0.717, 1.165) is 18.1 Å². The summed E-state index contributed by atoms with van der Waals surface area (Å²) in [6.45, 7) is 13.6. The van der Waals surface area contributed by atoms with Crippen molar-refractivity contribution in [2.75, 3.05) is 18.0 Å². The molecule has 2 nitrogen and oxygen atoms in total. The minimum absolute atomic E-state index is 0.262. The lowest BCUT2D eigenvalue weighted by molar-refractivity contribution is 0.220. The summed E-state index contributed by atoms with van der Waals surface area (Å²) in [5.41, 5.74) is 1.58. The van der Waals surface area contributed by atoms with E-state index in [1.165, 1.54) is 9.26 Å². The number of piperazine rings is 1. The molecule has 1 aromatic carbocycles. The average molecular weight is 421 g/mol. The van der Waals surface area contributed by atoms with Gasteiger partial charge in [0.25, 0.3) is 0 Å². The first-order chi connectivity index (χ1) is 9.70. The van der Waals surface area contributed by atoms with Gasteiger partial charge in [-0.2, -0.15) is 0 Å². The monoisotopic (exact) mass is 420 g/mol. The number of nitrogens with zero attached hydrogens (tertiary/aromatic N) is 1. The molecule has 2 rings (SSSR count). The second-order valence-electron chi connectivity index (χ2n) is 7.39. The number of anilines is 1. The molecule has 1 fully saturated rings. The largest absolute Gasteiger partial charge is 0.365 e. The Morgan fingerprint density at radius 2 is 2.00 bits per heavy atom. The average Bonchev–Trinajstić information content (AvgIpc) is 2.37. The highest BCUT2D eigenvalue weighted by molar-refractivity contribution is 14.1. The molecule has 1 saturated heterocycles. The Bertz CT molecular complexity index is 496. The molecule has 1 aromatic rings. The van der Waals surface area contributed by atoms with Gasteiger partial charge in [0.15, 0.2) is 0 Å². The van der Waals surface area contributed by atoms with Crippen LogP contribution >= 0.6 is 34.2 Å². The van der Waals surface area contributed by atoms with Crippen LogP contribution in [0.15, 0.2) is 18.2 Å². The van der Waals surface area contributed by atoms with Gasteiger partial charge in [0, 0.05) is 33.8 Å². The molecule has 0 saturated carbocycles. The molecule has 1 N–H and O–H groups in total. The fraction of sp³-hybridized carbons (Fsp3) is 0.647. The van der Waals surface area contributed by atoms with Gasteiger partial charge in [-0.1, -0.05) is 46.2 Å². The zero-order valence-corrected chi connectivity index (χ0v) is 16.5. The molecule has 0 bridgehead atoms. The smallest absolute Gasteiger partial charge is 0.0506 e. The van der Waals surface area contributed by atoms with Gasteiger partial charge in [-0.25, -0.2) is 0 Å². The van der Waals surface area contributed by atoms with E-state index in [2.05, 4.69) is 79.6 Å². The molecule has 21 heavy (non-hydrogen) atoms. The summed E-state index contributed by atoms with van der Waals surface area (Å²) in [5, 5.41) is 4.56. The van der Waals surface area contributed by atoms with Gasteiger partial charge < -0.3 is 10.2 Å². The van der Waals surface area contributed by atoms with Gasteiger partial charge in [-0.15, -0.1) is 0 Å². The van der Waals surface area contributed by atoms with Crippen LogP contribution in [0.5, 0.6) is 0 Å². The van der Waals surface area contributed by atoms with E-state index in [-0.39, 0.29) is 5.41 Å². The minimum atomic E-state index is 0.262. The summed E-state index contributed by atoms with van der Waals surface area (Å²) in [6.07, 6.45) is 0. The van der Waals surface area contributed by atoms with Crippen LogP contribution < -0.4 is 10.2 Å². The number of hydrogen-bond acceptors (Lipinski definition) is 2. The Morgan fingerprint density at radius 3 is 2.52 bits per heavy atom. The predicted molar refractivity (Wildman–Crippen MR) is 101 cm³/mol. The van der Waals surface area contributed by atoms with Crippen LogP contribution in [0.4, 0.5) is 5.69 Å². The molecule has 4 heteroatoms. The highest BCUT2D eigenvalue weighted by atomic mass is 127. The van der Waals surface area contributed by atoms with E-state index in [0.29, 0.717) is 18.0 Å².